The van der Waals surface area contributed by atoms with Crippen molar-refractivity contribution in [2.24, 2.45) is 0 Å². The van der Waals surface area contributed by atoms with Crippen LogP contribution in [0.5, 0.6) is 0 Å². The Hall–Kier alpha value is -2.07. The molecule has 4 nitrogen and oxygen atoms in total. The number of furan rings is 1. The maximum Gasteiger partial charge on any atom is 0.230 e. The van der Waals surface area contributed by atoms with Crippen molar-refractivity contribution in [3.63, 3.8) is 0 Å². The predicted octanol–water partition coefficient (Wildman–Crippen LogP) is 2.95. The maximum absolute atomic E-state index is 12.5. The molecule has 1 atom stereocenters. The molecule has 0 saturated carbocycles. The van der Waals surface area contributed by atoms with E-state index in [1.54, 1.807) is 6.26 Å². The molecule has 122 valence electrons. The Balaban J connectivity index is 1.58. The Morgan fingerprint density at radius 2 is 1.96 bits per heavy atom. The van der Waals surface area contributed by atoms with Crippen molar-refractivity contribution in [3.05, 3.63) is 60.1 Å². The van der Waals surface area contributed by atoms with Crippen LogP contribution in [-0.4, -0.2) is 41.4 Å². The molecule has 2 heterocycles. The molecule has 0 radical (unpaired) electrons. The molecule has 1 aromatic carbocycles. The average Bonchev–Trinajstić information content (AvgIpc) is 2.99. The molecule has 1 aliphatic rings. The Kier molecular flexibility index (Phi) is 5.13. The minimum atomic E-state index is 0.161. The molecule has 0 aliphatic carbocycles. The highest BCUT2D eigenvalue weighted by molar-refractivity contribution is 5.78. The summed E-state index contributed by atoms with van der Waals surface area (Å²) in [6, 6.07) is 14.5. The quantitative estimate of drug-likeness (QED) is 0.871. The fourth-order valence-electron chi connectivity index (χ4n) is 3.14. The predicted molar refractivity (Wildman–Crippen MR) is 89.9 cm³/mol. The SMILES string of the molecule is CC1CCN(Cc2ccccc2)CCN1C(=O)Cc1ccco1. The van der Waals surface area contributed by atoms with E-state index in [-0.39, 0.29) is 11.9 Å². The average molecular weight is 312 g/mol. The van der Waals surface area contributed by atoms with Crippen LogP contribution < -0.4 is 0 Å². The largest absolute Gasteiger partial charge is 0.469 e. The Morgan fingerprint density at radius 3 is 2.70 bits per heavy atom. The van der Waals surface area contributed by atoms with Crippen molar-refractivity contribution < 1.29 is 9.21 Å². The zero-order valence-electron chi connectivity index (χ0n) is 13.6. The minimum Gasteiger partial charge on any atom is -0.469 e. The number of hydrogen-bond acceptors (Lipinski definition) is 3. The van der Waals surface area contributed by atoms with Gasteiger partial charge in [0, 0.05) is 32.2 Å². The molecule has 0 spiro atoms. The zero-order valence-corrected chi connectivity index (χ0v) is 13.6. The first kappa shape index (κ1) is 15.8. The molecule has 1 aromatic heterocycles. The van der Waals surface area contributed by atoms with Crippen LogP contribution in [0.15, 0.2) is 53.1 Å². The number of nitrogens with zero attached hydrogens (tertiary/aromatic N) is 2. The zero-order chi connectivity index (χ0) is 16.1. The molecular weight excluding hydrogens is 288 g/mol. The molecule has 1 saturated heterocycles. The van der Waals surface area contributed by atoms with Crippen LogP contribution in [0.25, 0.3) is 0 Å². The second kappa shape index (κ2) is 7.47. The number of amides is 1. The van der Waals surface area contributed by atoms with Gasteiger partial charge < -0.3 is 9.32 Å². The van der Waals surface area contributed by atoms with Gasteiger partial charge in [0.15, 0.2) is 0 Å². The fourth-order valence-corrected chi connectivity index (χ4v) is 3.14. The Bertz CT molecular complexity index is 610. The Morgan fingerprint density at radius 1 is 1.13 bits per heavy atom. The van der Waals surface area contributed by atoms with Gasteiger partial charge in [-0.3, -0.25) is 9.69 Å². The summed E-state index contributed by atoms with van der Waals surface area (Å²) in [5, 5.41) is 0. The first-order valence-electron chi connectivity index (χ1n) is 8.30. The van der Waals surface area contributed by atoms with Crippen LogP contribution in [0.1, 0.15) is 24.7 Å². The van der Waals surface area contributed by atoms with Crippen molar-refractivity contribution in [3.8, 4) is 0 Å². The molecule has 4 heteroatoms. The highest BCUT2D eigenvalue weighted by Gasteiger charge is 2.25. The van der Waals surface area contributed by atoms with Gasteiger partial charge in [-0.25, -0.2) is 0 Å². The van der Waals surface area contributed by atoms with Crippen molar-refractivity contribution in [2.75, 3.05) is 19.6 Å². The third kappa shape index (κ3) is 4.23. The summed E-state index contributed by atoms with van der Waals surface area (Å²) >= 11 is 0. The molecule has 0 bridgehead atoms. The number of hydrogen-bond donors (Lipinski definition) is 0. The minimum absolute atomic E-state index is 0.161. The van der Waals surface area contributed by atoms with Crippen LogP contribution in [0.2, 0.25) is 0 Å². The third-order valence-corrected chi connectivity index (χ3v) is 4.53. The number of rotatable bonds is 4. The van der Waals surface area contributed by atoms with Gasteiger partial charge in [0.2, 0.25) is 5.91 Å². The molecule has 3 rings (SSSR count). The molecule has 0 N–H and O–H groups in total. The topological polar surface area (TPSA) is 36.7 Å². The number of benzene rings is 1. The molecule has 1 amide bonds. The van der Waals surface area contributed by atoms with Crippen LogP contribution in [0, 0.1) is 0 Å². The molecule has 1 fully saturated rings. The molecule has 2 aromatic rings. The molecule has 1 aliphatic heterocycles. The highest BCUT2D eigenvalue weighted by Crippen LogP contribution is 2.15. The van der Waals surface area contributed by atoms with Crippen molar-refractivity contribution in [1.29, 1.82) is 0 Å². The summed E-state index contributed by atoms with van der Waals surface area (Å²) in [5.74, 6) is 0.904. The lowest BCUT2D eigenvalue weighted by Crippen LogP contribution is -2.40. The van der Waals surface area contributed by atoms with Crippen molar-refractivity contribution in [2.45, 2.75) is 32.4 Å². The van der Waals surface area contributed by atoms with Gasteiger partial charge >= 0.3 is 0 Å². The van der Waals surface area contributed by atoms with Crippen molar-refractivity contribution >= 4 is 5.91 Å². The van der Waals surface area contributed by atoms with Crippen LogP contribution in [0.4, 0.5) is 0 Å². The summed E-state index contributed by atoms with van der Waals surface area (Å²) in [5.41, 5.74) is 1.33. The first-order valence-corrected chi connectivity index (χ1v) is 8.30. The fraction of sp³-hybridized carbons (Fsp3) is 0.421. The summed E-state index contributed by atoms with van der Waals surface area (Å²) in [6.45, 7) is 5.83. The number of carbonyl (C=O) groups excluding carboxylic acids is 1. The van der Waals surface area contributed by atoms with Crippen LogP contribution in [0.3, 0.4) is 0 Å². The van der Waals surface area contributed by atoms with Gasteiger partial charge in [0.1, 0.15) is 5.76 Å². The lowest BCUT2D eigenvalue weighted by molar-refractivity contribution is -0.132. The van der Waals surface area contributed by atoms with Gasteiger partial charge in [-0.15, -0.1) is 0 Å². The van der Waals surface area contributed by atoms with E-state index in [0.29, 0.717) is 6.42 Å². The monoisotopic (exact) mass is 312 g/mol. The lowest BCUT2D eigenvalue weighted by atomic mass is 10.2. The lowest BCUT2D eigenvalue weighted by Gasteiger charge is -2.26. The van der Waals surface area contributed by atoms with E-state index >= 15 is 0 Å². The van der Waals surface area contributed by atoms with Gasteiger partial charge in [0.05, 0.1) is 12.7 Å². The standard InChI is InChI=1S/C19H24N2O2/c1-16-9-10-20(15-17-6-3-2-4-7-17)11-12-21(16)19(22)14-18-8-5-13-23-18/h2-8,13,16H,9-12,14-15H2,1H3. The van der Waals surface area contributed by atoms with E-state index in [0.717, 1.165) is 38.4 Å². The van der Waals surface area contributed by atoms with Gasteiger partial charge in [-0.05, 0) is 31.0 Å². The summed E-state index contributed by atoms with van der Waals surface area (Å²) in [6.07, 6.45) is 2.99. The molecule has 23 heavy (non-hydrogen) atoms. The first-order chi connectivity index (χ1) is 11.2. The number of carbonyl (C=O) groups is 1. The Labute approximate surface area is 137 Å². The third-order valence-electron chi connectivity index (χ3n) is 4.53. The second-order valence-electron chi connectivity index (χ2n) is 6.24. The van der Waals surface area contributed by atoms with Crippen molar-refractivity contribution in [1.82, 2.24) is 9.80 Å². The summed E-state index contributed by atoms with van der Waals surface area (Å²) in [7, 11) is 0. The van der Waals surface area contributed by atoms with Crippen LogP contribution >= 0.6 is 0 Å². The van der Waals surface area contributed by atoms with Gasteiger partial charge in [-0.1, -0.05) is 30.3 Å². The molecule has 1 unspecified atom stereocenters. The summed E-state index contributed by atoms with van der Waals surface area (Å²) < 4.78 is 5.30. The normalized spacial score (nSPS) is 19.5. The maximum atomic E-state index is 12.5. The van der Waals surface area contributed by atoms with E-state index in [4.69, 9.17) is 4.42 Å². The smallest absolute Gasteiger partial charge is 0.230 e. The van der Waals surface area contributed by atoms with Gasteiger partial charge in [0.25, 0.3) is 0 Å². The van der Waals surface area contributed by atoms with E-state index < -0.39 is 0 Å². The van der Waals surface area contributed by atoms with E-state index in [1.165, 1.54) is 5.56 Å². The molecular formula is C19H24N2O2. The van der Waals surface area contributed by atoms with E-state index in [9.17, 15) is 4.79 Å². The van der Waals surface area contributed by atoms with E-state index in [2.05, 4.69) is 36.1 Å². The second-order valence-corrected chi connectivity index (χ2v) is 6.24. The summed E-state index contributed by atoms with van der Waals surface area (Å²) in [4.78, 5) is 17.0. The van der Waals surface area contributed by atoms with Crippen LogP contribution in [-0.2, 0) is 17.8 Å². The van der Waals surface area contributed by atoms with Gasteiger partial charge in [-0.2, -0.15) is 0 Å². The highest BCUT2D eigenvalue weighted by atomic mass is 16.3. The van der Waals surface area contributed by atoms with E-state index in [1.807, 2.05) is 23.1 Å².